The van der Waals surface area contributed by atoms with Crippen molar-refractivity contribution in [3.8, 4) is 11.5 Å². The van der Waals surface area contributed by atoms with Crippen LogP contribution in [0.25, 0.3) is 0 Å². The summed E-state index contributed by atoms with van der Waals surface area (Å²) in [5, 5.41) is 21.0. The van der Waals surface area contributed by atoms with E-state index in [1.807, 2.05) is 0 Å². The van der Waals surface area contributed by atoms with E-state index in [-0.39, 0.29) is 17.0 Å². The van der Waals surface area contributed by atoms with E-state index in [9.17, 15) is 14.3 Å². The molecule has 3 N–H and O–H groups in total. The summed E-state index contributed by atoms with van der Waals surface area (Å²) < 4.78 is 13.1. The average molecular weight is 261 g/mol. The molecule has 0 atom stereocenters. The van der Waals surface area contributed by atoms with Crippen LogP contribution in [-0.2, 0) is 0 Å². The minimum absolute atomic E-state index is 0.0181. The fourth-order valence-electron chi connectivity index (χ4n) is 1.54. The number of amides is 1. The first-order chi connectivity index (χ1) is 8.97. The molecule has 0 heterocycles. The van der Waals surface area contributed by atoms with Crippen molar-refractivity contribution >= 4 is 11.6 Å². The van der Waals surface area contributed by atoms with Crippen molar-refractivity contribution in [3.63, 3.8) is 0 Å². The summed E-state index contributed by atoms with van der Waals surface area (Å²) in [7, 11) is 0. The van der Waals surface area contributed by atoms with E-state index in [0.717, 1.165) is 12.1 Å². The molecule has 2 aromatic rings. The number of anilines is 1. The van der Waals surface area contributed by atoms with Gasteiger partial charge in [-0.2, -0.15) is 0 Å². The SMILES string of the molecule is Cc1ccc(C(=O)Nc2ccc(O)c(F)c2)cc1O. The van der Waals surface area contributed by atoms with E-state index >= 15 is 0 Å². The molecule has 0 radical (unpaired) electrons. The van der Waals surface area contributed by atoms with Gasteiger partial charge in [0.25, 0.3) is 5.91 Å². The number of aryl methyl sites for hydroxylation is 1. The molecule has 0 aliphatic carbocycles. The Labute approximate surface area is 109 Å². The van der Waals surface area contributed by atoms with Crippen molar-refractivity contribution in [1.82, 2.24) is 0 Å². The van der Waals surface area contributed by atoms with Crippen molar-refractivity contribution in [1.29, 1.82) is 0 Å². The van der Waals surface area contributed by atoms with Gasteiger partial charge in [-0.25, -0.2) is 4.39 Å². The molecule has 0 fully saturated rings. The summed E-state index contributed by atoms with van der Waals surface area (Å²) in [5.74, 6) is -1.75. The monoisotopic (exact) mass is 261 g/mol. The number of hydrogen-bond donors (Lipinski definition) is 3. The van der Waals surface area contributed by atoms with E-state index < -0.39 is 17.5 Å². The number of hydrogen-bond acceptors (Lipinski definition) is 3. The molecule has 0 bridgehead atoms. The van der Waals surface area contributed by atoms with Gasteiger partial charge in [-0.1, -0.05) is 6.07 Å². The van der Waals surface area contributed by atoms with Crippen LogP contribution in [-0.4, -0.2) is 16.1 Å². The molecular weight excluding hydrogens is 249 g/mol. The molecule has 0 aliphatic rings. The summed E-state index contributed by atoms with van der Waals surface area (Å²) in [6.45, 7) is 1.71. The summed E-state index contributed by atoms with van der Waals surface area (Å²) in [4.78, 5) is 11.9. The zero-order valence-electron chi connectivity index (χ0n) is 10.1. The zero-order chi connectivity index (χ0) is 14.0. The molecular formula is C14H12FNO3. The van der Waals surface area contributed by atoms with Gasteiger partial charge < -0.3 is 15.5 Å². The second-order valence-electron chi connectivity index (χ2n) is 4.12. The van der Waals surface area contributed by atoms with Crippen LogP contribution in [0.3, 0.4) is 0 Å². The van der Waals surface area contributed by atoms with Crippen LogP contribution in [0.1, 0.15) is 15.9 Å². The Hall–Kier alpha value is -2.56. The highest BCUT2D eigenvalue weighted by molar-refractivity contribution is 6.04. The predicted molar refractivity (Wildman–Crippen MR) is 68.9 cm³/mol. The zero-order valence-corrected chi connectivity index (χ0v) is 10.1. The Morgan fingerprint density at radius 3 is 2.47 bits per heavy atom. The van der Waals surface area contributed by atoms with Crippen molar-refractivity contribution in [2.75, 3.05) is 5.32 Å². The van der Waals surface area contributed by atoms with Crippen molar-refractivity contribution in [2.24, 2.45) is 0 Å². The van der Waals surface area contributed by atoms with Gasteiger partial charge in [0.05, 0.1) is 0 Å². The second kappa shape index (κ2) is 4.97. The van der Waals surface area contributed by atoms with Gasteiger partial charge in [0, 0.05) is 17.3 Å². The molecule has 2 rings (SSSR count). The van der Waals surface area contributed by atoms with Gasteiger partial charge in [0.15, 0.2) is 11.6 Å². The maximum absolute atomic E-state index is 13.1. The van der Waals surface area contributed by atoms with Crippen LogP contribution in [0.15, 0.2) is 36.4 Å². The quantitative estimate of drug-likeness (QED) is 0.728. The van der Waals surface area contributed by atoms with Crippen molar-refractivity contribution < 1.29 is 19.4 Å². The lowest BCUT2D eigenvalue weighted by Gasteiger charge is -2.07. The number of carbonyl (C=O) groups excluding carboxylic acids is 1. The molecule has 0 aromatic heterocycles. The molecule has 2 aromatic carbocycles. The Morgan fingerprint density at radius 1 is 1.11 bits per heavy atom. The molecule has 4 nitrogen and oxygen atoms in total. The highest BCUT2D eigenvalue weighted by atomic mass is 19.1. The number of halogens is 1. The topological polar surface area (TPSA) is 69.6 Å². The van der Waals surface area contributed by atoms with Gasteiger partial charge >= 0.3 is 0 Å². The van der Waals surface area contributed by atoms with Gasteiger partial charge in [0.2, 0.25) is 0 Å². The van der Waals surface area contributed by atoms with E-state index in [1.165, 1.54) is 12.1 Å². The first kappa shape index (κ1) is 12.9. The maximum Gasteiger partial charge on any atom is 0.255 e. The third kappa shape index (κ3) is 2.82. The first-order valence-electron chi connectivity index (χ1n) is 5.57. The van der Waals surface area contributed by atoms with Crippen LogP contribution < -0.4 is 5.32 Å². The number of nitrogens with one attached hydrogen (secondary N) is 1. The highest BCUT2D eigenvalue weighted by Crippen LogP contribution is 2.21. The van der Waals surface area contributed by atoms with Gasteiger partial charge in [0.1, 0.15) is 5.75 Å². The Bertz CT molecular complexity index is 641. The maximum atomic E-state index is 13.1. The molecule has 0 spiro atoms. The second-order valence-corrected chi connectivity index (χ2v) is 4.12. The van der Waals surface area contributed by atoms with E-state index in [0.29, 0.717) is 5.56 Å². The van der Waals surface area contributed by atoms with Gasteiger partial charge in [-0.05, 0) is 36.8 Å². The van der Waals surface area contributed by atoms with Crippen LogP contribution in [0, 0.1) is 12.7 Å². The third-order valence-corrected chi connectivity index (χ3v) is 2.68. The lowest BCUT2D eigenvalue weighted by Crippen LogP contribution is -2.11. The fraction of sp³-hybridized carbons (Fsp3) is 0.0714. The molecule has 0 saturated carbocycles. The Balaban J connectivity index is 2.20. The number of benzene rings is 2. The Kier molecular flexibility index (Phi) is 3.37. The summed E-state index contributed by atoms with van der Waals surface area (Å²) in [6, 6.07) is 8.05. The fourth-order valence-corrected chi connectivity index (χ4v) is 1.54. The van der Waals surface area contributed by atoms with Gasteiger partial charge in [-0.3, -0.25) is 4.79 Å². The van der Waals surface area contributed by atoms with Crippen LogP contribution in [0.2, 0.25) is 0 Å². The average Bonchev–Trinajstić information content (AvgIpc) is 2.37. The number of aromatic hydroxyl groups is 2. The lowest BCUT2D eigenvalue weighted by molar-refractivity contribution is 0.102. The van der Waals surface area contributed by atoms with Crippen LogP contribution in [0.5, 0.6) is 11.5 Å². The minimum atomic E-state index is -0.815. The summed E-state index contributed by atoms with van der Waals surface area (Å²) in [6.07, 6.45) is 0. The van der Waals surface area contributed by atoms with Crippen molar-refractivity contribution in [2.45, 2.75) is 6.92 Å². The smallest absolute Gasteiger partial charge is 0.255 e. The highest BCUT2D eigenvalue weighted by Gasteiger charge is 2.09. The molecule has 5 heteroatoms. The molecule has 1 amide bonds. The van der Waals surface area contributed by atoms with Gasteiger partial charge in [-0.15, -0.1) is 0 Å². The molecule has 19 heavy (non-hydrogen) atoms. The van der Waals surface area contributed by atoms with E-state index in [1.54, 1.807) is 19.1 Å². The Morgan fingerprint density at radius 2 is 1.84 bits per heavy atom. The largest absolute Gasteiger partial charge is 0.508 e. The number of carbonyl (C=O) groups is 1. The molecule has 98 valence electrons. The van der Waals surface area contributed by atoms with Crippen molar-refractivity contribution in [3.05, 3.63) is 53.3 Å². The minimum Gasteiger partial charge on any atom is -0.508 e. The molecule has 0 aliphatic heterocycles. The third-order valence-electron chi connectivity index (χ3n) is 2.68. The molecule has 0 unspecified atom stereocenters. The van der Waals surface area contributed by atoms with E-state index in [2.05, 4.69) is 5.32 Å². The predicted octanol–water partition coefficient (Wildman–Crippen LogP) is 2.80. The number of phenolic OH excluding ortho intramolecular Hbond substituents is 2. The van der Waals surface area contributed by atoms with Crippen LogP contribution in [0.4, 0.5) is 10.1 Å². The van der Waals surface area contributed by atoms with E-state index in [4.69, 9.17) is 5.11 Å². The summed E-state index contributed by atoms with van der Waals surface area (Å²) >= 11 is 0. The number of phenols is 2. The first-order valence-corrected chi connectivity index (χ1v) is 5.57. The normalized spacial score (nSPS) is 10.2. The van der Waals surface area contributed by atoms with Crippen LogP contribution >= 0.6 is 0 Å². The lowest BCUT2D eigenvalue weighted by atomic mass is 10.1. The molecule has 0 saturated heterocycles. The standard InChI is InChI=1S/C14H12FNO3/c1-8-2-3-9(6-13(8)18)14(19)16-10-4-5-12(17)11(15)7-10/h2-7,17-18H,1H3,(H,16,19). The number of rotatable bonds is 2. The summed E-state index contributed by atoms with van der Waals surface area (Å²) in [5.41, 5.74) is 1.14.